The zero-order chi connectivity index (χ0) is 29.6. The SMILES string of the molecule is CCC(CC)(OC1OC(CO)C2C(OC2(C)C)C1N)C(CC)(CC)C1C(CO)OC(OC(C)(C)C)C(N)C1O. The Labute approximate surface area is 235 Å². The summed E-state index contributed by atoms with van der Waals surface area (Å²) in [5.74, 6) is -0.588. The molecule has 3 fully saturated rings. The van der Waals surface area contributed by atoms with Gasteiger partial charge in [0.2, 0.25) is 0 Å². The fourth-order valence-electron chi connectivity index (χ4n) is 7.96. The molecule has 0 aromatic heterocycles. The van der Waals surface area contributed by atoms with E-state index in [4.69, 9.17) is 35.2 Å². The standard InChI is InChI=1S/C29H56N2O8/c1-10-28(11-2,18-16(14-32)35-24(20(30)22(18)34)38-26(5,6)7)29(12-3,13-4)39-25-21(31)23-19(17(15-33)36-25)27(8,9)37-23/h16-25,32-34H,10-15,30-31H2,1-9H3. The van der Waals surface area contributed by atoms with Crippen molar-refractivity contribution in [2.24, 2.45) is 28.7 Å². The van der Waals surface area contributed by atoms with Crippen molar-refractivity contribution in [3.63, 3.8) is 0 Å². The van der Waals surface area contributed by atoms with Gasteiger partial charge in [-0.1, -0.05) is 27.7 Å². The van der Waals surface area contributed by atoms with Crippen molar-refractivity contribution in [2.75, 3.05) is 13.2 Å². The molecule has 10 unspecified atom stereocenters. The first-order valence-electron chi connectivity index (χ1n) is 14.9. The molecule has 0 bridgehead atoms. The third-order valence-corrected chi connectivity index (χ3v) is 9.91. The van der Waals surface area contributed by atoms with E-state index in [1.165, 1.54) is 0 Å². The molecule has 10 nitrogen and oxygen atoms in total. The van der Waals surface area contributed by atoms with Gasteiger partial charge in [-0.05, 0) is 60.3 Å². The summed E-state index contributed by atoms with van der Waals surface area (Å²) in [6.07, 6.45) is -1.73. The Morgan fingerprint density at radius 3 is 1.74 bits per heavy atom. The zero-order valence-electron chi connectivity index (χ0n) is 25.6. The summed E-state index contributed by atoms with van der Waals surface area (Å²) in [5.41, 5.74) is 10.8. The Balaban J connectivity index is 2.00. The Morgan fingerprint density at radius 2 is 1.31 bits per heavy atom. The highest BCUT2D eigenvalue weighted by Crippen LogP contribution is 2.56. The Bertz CT molecular complexity index is 793. The van der Waals surface area contributed by atoms with Crippen LogP contribution in [0.2, 0.25) is 0 Å². The fraction of sp³-hybridized carbons (Fsp3) is 1.00. The van der Waals surface area contributed by atoms with Gasteiger partial charge in [-0.3, -0.25) is 0 Å². The van der Waals surface area contributed by atoms with Gasteiger partial charge in [0.15, 0.2) is 12.6 Å². The summed E-state index contributed by atoms with van der Waals surface area (Å²) < 4.78 is 31.8. The number of aliphatic hydroxyl groups is 3. The number of aliphatic hydroxyl groups excluding tert-OH is 3. The van der Waals surface area contributed by atoms with E-state index >= 15 is 0 Å². The Morgan fingerprint density at radius 1 is 0.795 bits per heavy atom. The highest BCUT2D eigenvalue weighted by molar-refractivity contribution is 5.11. The lowest BCUT2D eigenvalue weighted by atomic mass is 9.54. The van der Waals surface area contributed by atoms with Gasteiger partial charge in [-0.15, -0.1) is 0 Å². The van der Waals surface area contributed by atoms with Crippen LogP contribution in [0.4, 0.5) is 0 Å². The Hall–Kier alpha value is -0.400. The van der Waals surface area contributed by atoms with E-state index in [1.807, 2.05) is 34.6 Å². The van der Waals surface area contributed by atoms with Crippen LogP contribution in [0.3, 0.4) is 0 Å². The van der Waals surface area contributed by atoms with E-state index in [2.05, 4.69) is 27.7 Å². The van der Waals surface area contributed by atoms with Crippen LogP contribution in [-0.2, 0) is 23.7 Å². The van der Waals surface area contributed by atoms with Crippen LogP contribution < -0.4 is 11.5 Å². The molecule has 0 aliphatic carbocycles. The van der Waals surface area contributed by atoms with E-state index in [0.29, 0.717) is 25.7 Å². The van der Waals surface area contributed by atoms with Gasteiger partial charge in [0.1, 0.15) is 0 Å². The molecule has 0 aromatic carbocycles. The summed E-state index contributed by atoms with van der Waals surface area (Å²) in [5, 5.41) is 32.5. The number of nitrogens with two attached hydrogens (primary N) is 2. The molecule has 0 saturated carbocycles. The minimum absolute atomic E-state index is 0.0396. The van der Waals surface area contributed by atoms with Crippen molar-refractivity contribution in [3.8, 4) is 0 Å². The lowest BCUT2D eigenvalue weighted by Crippen LogP contribution is -2.75. The molecule has 10 heteroatoms. The summed E-state index contributed by atoms with van der Waals surface area (Å²) in [6.45, 7) is 17.5. The average Bonchev–Trinajstić information content (AvgIpc) is 2.88. The number of hydrogen-bond donors (Lipinski definition) is 5. The van der Waals surface area contributed by atoms with E-state index in [-0.39, 0.29) is 25.2 Å². The van der Waals surface area contributed by atoms with Crippen LogP contribution in [0.5, 0.6) is 0 Å². The van der Waals surface area contributed by atoms with Gasteiger partial charge >= 0.3 is 0 Å². The lowest BCUT2D eigenvalue weighted by Gasteiger charge is -2.63. The largest absolute Gasteiger partial charge is 0.394 e. The molecule has 230 valence electrons. The Kier molecular flexibility index (Phi) is 10.2. The second-order valence-electron chi connectivity index (χ2n) is 13.2. The second kappa shape index (κ2) is 12.1. The van der Waals surface area contributed by atoms with E-state index in [1.54, 1.807) is 0 Å². The molecule has 3 aliphatic heterocycles. The topological polar surface area (TPSA) is 159 Å². The van der Waals surface area contributed by atoms with E-state index in [9.17, 15) is 15.3 Å². The van der Waals surface area contributed by atoms with Crippen LogP contribution >= 0.6 is 0 Å². The first kappa shape index (κ1) is 33.1. The van der Waals surface area contributed by atoms with Crippen LogP contribution in [0, 0.1) is 17.3 Å². The van der Waals surface area contributed by atoms with Crippen molar-refractivity contribution in [3.05, 3.63) is 0 Å². The van der Waals surface area contributed by atoms with Gasteiger partial charge in [0.05, 0.1) is 66.5 Å². The highest BCUT2D eigenvalue weighted by Gasteiger charge is 2.64. The summed E-state index contributed by atoms with van der Waals surface area (Å²) in [6, 6.07) is -1.37. The number of rotatable bonds is 11. The van der Waals surface area contributed by atoms with Crippen molar-refractivity contribution >= 4 is 0 Å². The van der Waals surface area contributed by atoms with E-state index in [0.717, 1.165) is 0 Å². The summed E-state index contributed by atoms with van der Waals surface area (Å²) in [7, 11) is 0. The molecule has 0 aromatic rings. The lowest BCUT2D eigenvalue weighted by molar-refractivity contribution is -0.384. The molecule has 7 N–H and O–H groups in total. The second-order valence-corrected chi connectivity index (χ2v) is 13.2. The van der Waals surface area contributed by atoms with Crippen LogP contribution in [0.15, 0.2) is 0 Å². The first-order chi connectivity index (χ1) is 18.1. The molecule has 3 saturated heterocycles. The third kappa shape index (κ3) is 5.68. The molecule has 0 amide bonds. The molecule has 39 heavy (non-hydrogen) atoms. The molecular weight excluding hydrogens is 504 g/mol. The van der Waals surface area contributed by atoms with Gasteiger partial charge in [-0.25, -0.2) is 0 Å². The number of hydrogen-bond acceptors (Lipinski definition) is 10. The van der Waals surface area contributed by atoms with Crippen LogP contribution in [-0.4, -0.2) is 94.4 Å². The quantitative estimate of drug-likeness (QED) is 0.253. The predicted octanol–water partition coefficient (Wildman–Crippen LogP) is 2.04. The van der Waals surface area contributed by atoms with Crippen molar-refractivity contribution in [2.45, 2.75) is 154 Å². The summed E-state index contributed by atoms with van der Waals surface area (Å²) >= 11 is 0. The van der Waals surface area contributed by atoms with Crippen molar-refractivity contribution in [1.82, 2.24) is 0 Å². The molecule has 3 heterocycles. The molecule has 3 rings (SSSR count). The highest BCUT2D eigenvalue weighted by atomic mass is 16.7. The maximum atomic E-state index is 11.8. The van der Waals surface area contributed by atoms with Crippen LogP contribution in [0.1, 0.15) is 88.0 Å². The maximum absolute atomic E-state index is 11.8. The molecule has 0 radical (unpaired) electrons. The zero-order valence-corrected chi connectivity index (χ0v) is 25.6. The maximum Gasteiger partial charge on any atom is 0.176 e. The van der Waals surface area contributed by atoms with E-state index < -0.39 is 71.1 Å². The molecule has 10 atom stereocenters. The van der Waals surface area contributed by atoms with Gasteiger partial charge < -0.3 is 50.5 Å². The van der Waals surface area contributed by atoms with Crippen molar-refractivity contribution in [1.29, 1.82) is 0 Å². The summed E-state index contributed by atoms with van der Waals surface area (Å²) in [4.78, 5) is 0. The molecule has 3 aliphatic rings. The third-order valence-electron chi connectivity index (χ3n) is 9.91. The normalized spacial score (nSPS) is 39.2. The monoisotopic (exact) mass is 560 g/mol. The number of fused-ring (bicyclic) bond motifs is 1. The minimum Gasteiger partial charge on any atom is -0.394 e. The van der Waals surface area contributed by atoms with Gasteiger partial charge in [0, 0.05) is 17.3 Å². The van der Waals surface area contributed by atoms with Gasteiger partial charge in [-0.2, -0.15) is 0 Å². The fourth-order valence-corrected chi connectivity index (χ4v) is 7.96. The molecular formula is C29H56N2O8. The smallest absolute Gasteiger partial charge is 0.176 e. The van der Waals surface area contributed by atoms with Gasteiger partial charge in [0.25, 0.3) is 0 Å². The average molecular weight is 561 g/mol. The first-order valence-corrected chi connectivity index (χ1v) is 14.9. The molecule has 0 spiro atoms. The number of ether oxygens (including phenoxy) is 5. The van der Waals surface area contributed by atoms with Crippen molar-refractivity contribution < 1.29 is 39.0 Å². The van der Waals surface area contributed by atoms with Crippen LogP contribution in [0.25, 0.3) is 0 Å². The minimum atomic E-state index is -1.02. The predicted molar refractivity (Wildman–Crippen MR) is 148 cm³/mol.